The number of hydrogen-bond acceptors (Lipinski definition) is 2. The van der Waals surface area contributed by atoms with Crippen molar-refractivity contribution in [2.75, 3.05) is 31.1 Å². The van der Waals surface area contributed by atoms with Crippen LogP contribution >= 0.6 is 23.2 Å². The van der Waals surface area contributed by atoms with Crippen molar-refractivity contribution >= 4 is 34.8 Å². The van der Waals surface area contributed by atoms with E-state index in [1.165, 1.54) is 5.69 Å². The molecule has 2 aliphatic rings. The normalized spacial score (nSPS) is 25.9. The number of halogens is 2. The van der Waals surface area contributed by atoms with Gasteiger partial charge in [-0.1, -0.05) is 55.2 Å². The highest BCUT2D eigenvalue weighted by Gasteiger charge is 2.61. The third-order valence-electron chi connectivity index (χ3n) is 5.19. The van der Waals surface area contributed by atoms with Crippen molar-refractivity contribution in [3.05, 3.63) is 40.9 Å². The van der Waals surface area contributed by atoms with Gasteiger partial charge in [-0.25, -0.2) is 0 Å². The van der Waals surface area contributed by atoms with E-state index in [1.54, 1.807) is 0 Å². The average Bonchev–Trinajstić information content (AvgIpc) is 3.07. The molecule has 1 aromatic rings. The predicted octanol–water partition coefficient (Wildman–Crippen LogP) is 3.93. The van der Waals surface area contributed by atoms with Gasteiger partial charge in [0, 0.05) is 31.9 Å². The lowest BCUT2D eigenvalue weighted by Gasteiger charge is -2.36. The first kappa shape index (κ1) is 16.7. The third-order valence-corrected chi connectivity index (χ3v) is 5.45. The van der Waals surface area contributed by atoms with Crippen molar-refractivity contribution in [1.29, 1.82) is 0 Å². The van der Waals surface area contributed by atoms with Crippen molar-refractivity contribution in [2.24, 2.45) is 17.3 Å². The molecule has 124 valence electrons. The van der Waals surface area contributed by atoms with Crippen molar-refractivity contribution in [3.8, 4) is 0 Å². The SMILES string of the molecule is CC1(C)[C@H](C=C(Cl)Cl)[C@H]1C(=O)N1CCN(c2ccccc2)CC1. The van der Waals surface area contributed by atoms with Crippen LogP contribution in [0.25, 0.3) is 0 Å². The summed E-state index contributed by atoms with van der Waals surface area (Å²) in [5.41, 5.74) is 1.17. The Morgan fingerprint density at radius 2 is 1.74 bits per heavy atom. The number of rotatable bonds is 3. The highest BCUT2D eigenvalue weighted by atomic mass is 35.5. The van der Waals surface area contributed by atoms with Gasteiger partial charge in [-0.15, -0.1) is 0 Å². The lowest BCUT2D eigenvalue weighted by atomic mass is 10.1. The number of hydrogen-bond donors (Lipinski definition) is 0. The number of carbonyl (C=O) groups is 1. The van der Waals surface area contributed by atoms with Gasteiger partial charge in [-0.05, 0) is 29.5 Å². The van der Waals surface area contributed by atoms with Gasteiger partial charge in [0.2, 0.25) is 5.91 Å². The largest absolute Gasteiger partial charge is 0.368 e. The summed E-state index contributed by atoms with van der Waals surface area (Å²) in [5.74, 6) is 0.379. The smallest absolute Gasteiger partial charge is 0.226 e. The van der Waals surface area contributed by atoms with E-state index < -0.39 is 0 Å². The van der Waals surface area contributed by atoms with Gasteiger partial charge >= 0.3 is 0 Å². The molecule has 0 aromatic heterocycles. The Bertz CT molecular complexity index is 603. The van der Waals surface area contributed by atoms with Gasteiger partial charge in [0.05, 0.1) is 5.92 Å². The van der Waals surface area contributed by atoms with Crippen LogP contribution in [0.15, 0.2) is 40.9 Å². The standard InChI is InChI=1S/C18H22Cl2N2O/c1-18(2)14(12-15(19)20)16(18)17(23)22-10-8-21(9-11-22)13-6-4-3-5-7-13/h3-7,12,14,16H,8-11H2,1-2H3/t14-,16+/m1/s1. The van der Waals surface area contributed by atoms with Crippen molar-refractivity contribution in [2.45, 2.75) is 13.8 Å². The van der Waals surface area contributed by atoms with Crippen molar-refractivity contribution in [1.82, 2.24) is 4.90 Å². The molecule has 1 aliphatic heterocycles. The number of benzene rings is 1. The maximum absolute atomic E-state index is 12.8. The molecule has 0 radical (unpaired) electrons. The fourth-order valence-electron chi connectivity index (χ4n) is 3.62. The predicted molar refractivity (Wildman–Crippen MR) is 95.8 cm³/mol. The van der Waals surface area contributed by atoms with Gasteiger partial charge in [0.1, 0.15) is 4.49 Å². The van der Waals surface area contributed by atoms with E-state index in [0.717, 1.165) is 26.2 Å². The number of allylic oxidation sites excluding steroid dienone is 1. The molecule has 1 saturated heterocycles. The maximum Gasteiger partial charge on any atom is 0.226 e. The summed E-state index contributed by atoms with van der Waals surface area (Å²) in [6.07, 6.45) is 1.81. The van der Waals surface area contributed by atoms with Crippen LogP contribution in [0, 0.1) is 17.3 Å². The molecule has 1 aliphatic carbocycles. The Hall–Kier alpha value is -1.19. The highest BCUT2D eigenvalue weighted by molar-refractivity contribution is 6.55. The summed E-state index contributed by atoms with van der Waals surface area (Å²) >= 11 is 11.6. The molecule has 0 spiro atoms. The summed E-state index contributed by atoms with van der Waals surface area (Å²) in [6, 6.07) is 10.3. The van der Waals surface area contributed by atoms with E-state index in [0.29, 0.717) is 0 Å². The molecule has 2 atom stereocenters. The van der Waals surface area contributed by atoms with E-state index in [9.17, 15) is 4.79 Å². The summed E-state index contributed by atoms with van der Waals surface area (Å²) in [4.78, 5) is 17.1. The lowest BCUT2D eigenvalue weighted by Crippen LogP contribution is -2.49. The van der Waals surface area contributed by atoms with E-state index >= 15 is 0 Å². The first-order chi connectivity index (χ1) is 10.9. The number of para-hydroxylation sites is 1. The van der Waals surface area contributed by atoms with Gasteiger partial charge in [-0.2, -0.15) is 0 Å². The number of carbonyl (C=O) groups excluding carboxylic acids is 1. The zero-order chi connectivity index (χ0) is 16.6. The minimum absolute atomic E-state index is 0.00160. The topological polar surface area (TPSA) is 23.6 Å². The first-order valence-corrected chi connectivity index (χ1v) is 8.78. The highest BCUT2D eigenvalue weighted by Crippen LogP contribution is 2.60. The molecular formula is C18H22Cl2N2O. The van der Waals surface area contributed by atoms with Crippen LogP contribution < -0.4 is 4.90 Å². The molecular weight excluding hydrogens is 331 g/mol. The Morgan fingerprint density at radius 3 is 2.30 bits per heavy atom. The molecule has 0 N–H and O–H groups in total. The zero-order valence-electron chi connectivity index (χ0n) is 13.5. The van der Waals surface area contributed by atoms with E-state index in [-0.39, 0.29) is 27.6 Å². The molecule has 1 heterocycles. The van der Waals surface area contributed by atoms with Crippen LogP contribution in [0.1, 0.15) is 13.8 Å². The Morgan fingerprint density at radius 1 is 1.13 bits per heavy atom. The molecule has 1 aromatic carbocycles. The van der Waals surface area contributed by atoms with Gasteiger partial charge < -0.3 is 9.80 Å². The Balaban J connectivity index is 1.60. The zero-order valence-corrected chi connectivity index (χ0v) is 15.0. The third kappa shape index (κ3) is 3.36. The van der Waals surface area contributed by atoms with E-state index in [4.69, 9.17) is 23.2 Å². The summed E-state index contributed by atoms with van der Waals surface area (Å²) < 4.78 is 0.257. The Kier molecular flexibility index (Phi) is 4.61. The molecule has 3 rings (SSSR count). The average molecular weight is 353 g/mol. The second-order valence-electron chi connectivity index (χ2n) is 6.93. The van der Waals surface area contributed by atoms with Crippen LogP contribution in [0.2, 0.25) is 0 Å². The second kappa shape index (κ2) is 6.37. The van der Waals surface area contributed by atoms with Gasteiger partial charge in [-0.3, -0.25) is 4.79 Å². The van der Waals surface area contributed by atoms with Crippen LogP contribution in [0.5, 0.6) is 0 Å². The van der Waals surface area contributed by atoms with E-state index in [1.807, 2.05) is 29.2 Å². The van der Waals surface area contributed by atoms with E-state index in [2.05, 4.69) is 30.9 Å². The Labute approximate surface area is 147 Å². The molecule has 3 nitrogen and oxygen atoms in total. The maximum atomic E-state index is 12.8. The summed E-state index contributed by atoms with van der Waals surface area (Å²) in [7, 11) is 0. The van der Waals surface area contributed by atoms with Crippen LogP contribution in [0.3, 0.4) is 0 Å². The number of piperazine rings is 1. The second-order valence-corrected chi connectivity index (χ2v) is 7.94. The minimum Gasteiger partial charge on any atom is -0.368 e. The number of nitrogens with zero attached hydrogens (tertiary/aromatic N) is 2. The monoisotopic (exact) mass is 352 g/mol. The molecule has 1 saturated carbocycles. The molecule has 23 heavy (non-hydrogen) atoms. The van der Waals surface area contributed by atoms with Crippen molar-refractivity contribution < 1.29 is 4.79 Å². The quantitative estimate of drug-likeness (QED) is 0.822. The molecule has 2 fully saturated rings. The fraction of sp³-hybridized carbons (Fsp3) is 0.500. The number of anilines is 1. The van der Waals surface area contributed by atoms with Gasteiger partial charge in [0.25, 0.3) is 0 Å². The summed E-state index contributed by atoms with van der Waals surface area (Å²) in [6.45, 7) is 7.50. The summed E-state index contributed by atoms with van der Waals surface area (Å²) in [5, 5.41) is 0. The first-order valence-electron chi connectivity index (χ1n) is 8.03. The fourth-order valence-corrected chi connectivity index (χ4v) is 3.89. The van der Waals surface area contributed by atoms with Crippen molar-refractivity contribution in [3.63, 3.8) is 0 Å². The van der Waals surface area contributed by atoms with Crippen LogP contribution in [0.4, 0.5) is 5.69 Å². The molecule has 0 bridgehead atoms. The van der Waals surface area contributed by atoms with Gasteiger partial charge in [0.15, 0.2) is 0 Å². The van der Waals surface area contributed by atoms with Crippen LogP contribution in [-0.2, 0) is 4.79 Å². The lowest BCUT2D eigenvalue weighted by molar-refractivity contribution is -0.133. The molecule has 0 unspecified atom stereocenters. The number of amides is 1. The minimum atomic E-state index is -0.0529. The molecule has 1 amide bonds. The molecule has 5 heteroatoms. The van der Waals surface area contributed by atoms with Crippen LogP contribution in [-0.4, -0.2) is 37.0 Å².